The predicted octanol–water partition coefficient (Wildman–Crippen LogP) is 2.92. The molecule has 2 heterocycles. The van der Waals surface area contributed by atoms with Gasteiger partial charge in [-0.05, 0) is 28.9 Å². The van der Waals surface area contributed by atoms with Crippen molar-refractivity contribution in [1.29, 1.82) is 0 Å². The van der Waals surface area contributed by atoms with E-state index in [-0.39, 0.29) is 5.56 Å². The summed E-state index contributed by atoms with van der Waals surface area (Å²) in [5, 5.41) is 13.1. The third-order valence-electron chi connectivity index (χ3n) is 2.18. The maximum Gasteiger partial charge on any atom is 0.339 e. The molecule has 2 N–H and O–H groups in total. The maximum atomic E-state index is 11.1. The number of carbonyl (C=O) groups is 1. The molecular weight excluding hydrogens is 318 g/mol. The lowest BCUT2D eigenvalue weighted by molar-refractivity contribution is 0.0697. The number of nitrogens with one attached hydrogen (secondary N) is 1. The Morgan fingerprint density at radius 1 is 1.50 bits per heavy atom. The molecule has 0 atom stereocenters. The lowest BCUT2D eigenvalue weighted by Crippen LogP contribution is -2.07. The molecule has 0 bridgehead atoms. The van der Waals surface area contributed by atoms with Gasteiger partial charge in [0.15, 0.2) is 0 Å². The fraction of sp³-hybridized carbons (Fsp3) is 0.182. The Kier molecular flexibility index (Phi) is 3.93. The van der Waals surface area contributed by atoms with Crippen molar-refractivity contribution in [1.82, 2.24) is 9.97 Å². The highest BCUT2D eigenvalue weighted by molar-refractivity contribution is 9.10. The number of pyridine rings is 1. The average molecular weight is 328 g/mol. The van der Waals surface area contributed by atoms with E-state index in [4.69, 9.17) is 5.11 Å². The van der Waals surface area contributed by atoms with Crippen LogP contribution >= 0.6 is 27.3 Å². The number of anilines is 1. The normalized spacial score (nSPS) is 10.3. The molecule has 94 valence electrons. The van der Waals surface area contributed by atoms with E-state index in [9.17, 15) is 4.79 Å². The summed E-state index contributed by atoms with van der Waals surface area (Å²) in [6.45, 7) is 2.44. The number of nitrogens with zero attached hydrogens (tertiary/aromatic N) is 2. The quantitative estimate of drug-likeness (QED) is 0.903. The molecule has 0 amide bonds. The first-order valence-electron chi connectivity index (χ1n) is 5.10. The second-order valence-electron chi connectivity index (χ2n) is 3.55. The van der Waals surface area contributed by atoms with Crippen LogP contribution in [-0.2, 0) is 6.54 Å². The van der Waals surface area contributed by atoms with E-state index in [1.165, 1.54) is 6.07 Å². The Hall–Kier alpha value is -1.47. The molecule has 2 aromatic rings. The van der Waals surface area contributed by atoms with Gasteiger partial charge in [-0.1, -0.05) is 0 Å². The third kappa shape index (κ3) is 3.05. The van der Waals surface area contributed by atoms with Crippen molar-refractivity contribution in [2.24, 2.45) is 0 Å². The number of halogens is 1. The van der Waals surface area contributed by atoms with Crippen molar-refractivity contribution in [3.05, 3.63) is 38.4 Å². The first-order valence-corrected chi connectivity index (χ1v) is 6.71. The highest BCUT2D eigenvalue weighted by Crippen LogP contribution is 2.20. The first-order chi connectivity index (χ1) is 8.56. The molecule has 0 saturated heterocycles. The Bertz CT molecular complexity index is 585. The molecule has 0 aliphatic carbocycles. The van der Waals surface area contributed by atoms with E-state index in [0.29, 0.717) is 16.8 Å². The van der Waals surface area contributed by atoms with Gasteiger partial charge < -0.3 is 10.4 Å². The van der Waals surface area contributed by atoms with Crippen LogP contribution in [0.1, 0.15) is 20.2 Å². The predicted molar refractivity (Wildman–Crippen MR) is 73.1 cm³/mol. The zero-order valence-electron chi connectivity index (χ0n) is 9.48. The number of carboxylic acid groups (broad SMARTS) is 1. The van der Waals surface area contributed by atoms with Gasteiger partial charge in [0.2, 0.25) is 0 Å². The molecule has 2 aromatic heterocycles. The number of aryl methyl sites for hydroxylation is 1. The Morgan fingerprint density at radius 2 is 2.28 bits per heavy atom. The second-order valence-corrected chi connectivity index (χ2v) is 5.79. The van der Waals surface area contributed by atoms with Crippen LogP contribution in [-0.4, -0.2) is 21.0 Å². The van der Waals surface area contributed by atoms with Gasteiger partial charge in [-0.2, -0.15) is 0 Å². The van der Waals surface area contributed by atoms with Crippen LogP contribution in [0.3, 0.4) is 0 Å². The van der Waals surface area contributed by atoms with Crippen LogP contribution < -0.4 is 5.32 Å². The number of thiazole rings is 1. The van der Waals surface area contributed by atoms with Crippen molar-refractivity contribution < 1.29 is 9.90 Å². The molecule has 0 unspecified atom stereocenters. The number of hydrogen-bond donors (Lipinski definition) is 2. The van der Waals surface area contributed by atoms with Gasteiger partial charge >= 0.3 is 5.97 Å². The number of carboxylic acids is 1. The van der Waals surface area contributed by atoms with Gasteiger partial charge in [0.05, 0.1) is 11.6 Å². The van der Waals surface area contributed by atoms with Gasteiger partial charge in [-0.15, -0.1) is 11.3 Å². The van der Waals surface area contributed by atoms with E-state index < -0.39 is 5.97 Å². The highest BCUT2D eigenvalue weighted by Gasteiger charge is 2.12. The molecular formula is C11H10BrN3O2S. The summed E-state index contributed by atoms with van der Waals surface area (Å²) in [6.07, 6.45) is 3.33. The molecule has 5 nitrogen and oxygen atoms in total. The number of hydrogen-bond acceptors (Lipinski definition) is 5. The van der Waals surface area contributed by atoms with E-state index >= 15 is 0 Å². The van der Waals surface area contributed by atoms with Crippen LogP contribution in [0.15, 0.2) is 22.9 Å². The van der Waals surface area contributed by atoms with Crippen molar-refractivity contribution in [3.63, 3.8) is 0 Å². The van der Waals surface area contributed by atoms with Crippen LogP contribution in [0.4, 0.5) is 5.82 Å². The molecule has 0 aliphatic heterocycles. The zero-order valence-corrected chi connectivity index (χ0v) is 11.9. The Balaban J connectivity index is 2.16. The Labute approximate surface area is 116 Å². The summed E-state index contributed by atoms with van der Waals surface area (Å²) < 4.78 is 0.638. The minimum Gasteiger partial charge on any atom is -0.478 e. The first kappa shape index (κ1) is 13.0. The van der Waals surface area contributed by atoms with Gasteiger partial charge in [-0.25, -0.2) is 14.8 Å². The van der Waals surface area contributed by atoms with E-state index in [1.807, 2.05) is 6.92 Å². The Morgan fingerprint density at radius 3 is 2.89 bits per heavy atom. The third-order valence-corrected chi connectivity index (χ3v) is 3.53. The molecule has 18 heavy (non-hydrogen) atoms. The van der Waals surface area contributed by atoms with Crippen molar-refractivity contribution >= 4 is 39.1 Å². The minimum absolute atomic E-state index is 0.144. The molecule has 7 heteroatoms. The van der Waals surface area contributed by atoms with Gasteiger partial charge in [0.25, 0.3) is 0 Å². The van der Waals surface area contributed by atoms with Crippen LogP contribution in [0.5, 0.6) is 0 Å². The van der Waals surface area contributed by atoms with Crippen molar-refractivity contribution in [2.45, 2.75) is 13.5 Å². The smallest absolute Gasteiger partial charge is 0.339 e. The lowest BCUT2D eigenvalue weighted by atomic mass is 10.2. The summed E-state index contributed by atoms with van der Waals surface area (Å²) in [6, 6.07) is 1.52. The molecule has 0 spiro atoms. The van der Waals surface area contributed by atoms with Gasteiger partial charge in [-0.3, -0.25) is 0 Å². The second kappa shape index (κ2) is 5.45. The van der Waals surface area contributed by atoms with Crippen molar-refractivity contribution in [3.8, 4) is 0 Å². The molecule has 2 rings (SSSR count). The largest absolute Gasteiger partial charge is 0.478 e. The number of aromatic nitrogens is 2. The molecule has 0 saturated carbocycles. The van der Waals surface area contributed by atoms with Gasteiger partial charge in [0.1, 0.15) is 11.4 Å². The minimum atomic E-state index is -1.01. The highest BCUT2D eigenvalue weighted by atomic mass is 79.9. The maximum absolute atomic E-state index is 11.1. The van der Waals surface area contributed by atoms with E-state index in [1.54, 1.807) is 23.7 Å². The van der Waals surface area contributed by atoms with Crippen LogP contribution in [0, 0.1) is 6.92 Å². The summed E-state index contributed by atoms with van der Waals surface area (Å²) in [5.41, 5.74) is 0.144. The fourth-order valence-corrected chi connectivity index (χ4v) is 2.47. The van der Waals surface area contributed by atoms with Gasteiger partial charge in [0, 0.05) is 21.7 Å². The molecule has 0 radical (unpaired) electrons. The summed E-state index contributed by atoms with van der Waals surface area (Å²) in [7, 11) is 0. The zero-order chi connectivity index (χ0) is 13.1. The SMILES string of the molecule is Cc1ncc(CNc2ncc(Br)cc2C(=O)O)s1. The number of rotatable bonds is 4. The summed E-state index contributed by atoms with van der Waals surface area (Å²) in [5.74, 6) is -0.650. The summed E-state index contributed by atoms with van der Waals surface area (Å²) in [4.78, 5) is 20.3. The standard InChI is InChI=1S/C11H10BrN3O2S/c1-6-13-4-8(18-6)5-15-10-9(11(16)17)2-7(12)3-14-10/h2-4H,5H2,1H3,(H,14,15)(H,16,17). The van der Waals surface area contributed by atoms with Crippen molar-refractivity contribution in [2.75, 3.05) is 5.32 Å². The van der Waals surface area contributed by atoms with Crippen LogP contribution in [0.25, 0.3) is 0 Å². The van der Waals surface area contributed by atoms with E-state index in [2.05, 4.69) is 31.2 Å². The molecule has 0 fully saturated rings. The van der Waals surface area contributed by atoms with E-state index in [0.717, 1.165) is 9.88 Å². The average Bonchev–Trinajstić information content (AvgIpc) is 2.73. The topological polar surface area (TPSA) is 75.1 Å². The molecule has 0 aromatic carbocycles. The lowest BCUT2D eigenvalue weighted by Gasteiger charge is -2.07. The monoisotopic (exact) mass is 327 g/mol. The number of aromatic carboxylic acids is 1. The van der Waals surface area contributed by atoms with Crippen LogP contribution in [0.2, 0.25) is 0 Å². The molecule has 0 aliphatic rings. The fourth-order valence-electron chi connectivity index (χ4n) is 1.40. The summed E-state index contributed by atoms with van der Waals surface area (Å²) >= 11 is 4.77.